The predicted octanol–water partition coefficient (Wildman–Crippen LogP) is 11.2. The second-order valence-electron chi connectivity index (χ2n) is 11.4. The van der Waals surface area contributed by atoms with Gasteiger partial charge in [-0.3, -0.25) is 0 Å². The molecule has 0 N–H and O–H groups in total. The van der Waals surface area contributed by atoms with Crippen LogP contribution in [0, 0.1) is 0 Å². The molecule has 218 valence electrons. The fraction of sp³-hybridized carbons (Fsp3) is 0. The lowest BCUT2D eigenvalue weighted by Crippen LogP contribution is -1.93. The SMILES string of the molecule is S=C=Nc1nc2c(nc1N=C=S)-c1ccc(-c3ccc(-c4ccc(-n5c6ccccc6c6ccccc65)cc4)cc3)c3cccc-2c13. The molecule has 2 aromatic heterocycles. The average molecular weight is 636 g/mol. The Morgan fingerprint density at radius 1 is 0.468 bits per heavy atom. The minimum Gasteiger partial charge on any atom is -0.309 e. The first-order valence-electron chi connectivity index (χ1n) is 15.1. The van der Waals surface area contributed by atoms with Gasteiger partial charge in [0.05, 0.1) is 32.7 Å². The van der Waals surface area contributed by atoms with Gasteiger partial charge >= 0.3 is 0 Å². The molecule has 0 spiro atoms. The van der Waals surface area contributed by atoms with Crippen LogP contribution in [0.3, 0.4) is 0 Å². The molecule has 0 amide bonds. The van der Waals surface area contributed by atoms with E-state index in [2.05, 4.69) is 152 Å². The Kier molecular flexibility index (Phi) is 6.32. The van der Waals surface area contributed by atoms with Crippen molar-refractivity contribution in [3.05, 3.63) is 127 Å². The van der Waals surface area contributed by atoms with E-state index in [1.165, 1.54) is 27.4 Å². The Bertz CT molecular complexity index is 2570. The molecule has 2 heterocycles. The zero-order valence-corrected chi connectivity index (χ0v) is 26.3. The van der Waals surface area contributed by atoms with Crippen LogP contribution in [0.5, 0.6) is 0 Å². The highest BCUT2D eigenvalue weighted by Crippen LogP contribution is 2.49. The summed E-state index contributed by atoms with van der Waals surface area (Å²) in [5.41, 5.74) is 11.6. The normalized spacial score (nSPS) is 11.4. The number of fused-ring (bicyclic) bond motifs is 6. The minimum absolute atomic E-state index is 0.278. The van der Waals surface area contributed by atoms with Crippen molar-refractivity contribution in [3.8, 4) is 50.5 Å². The van der Waals surface area contributed by atoms with E-state index in [4.69, 9.17) is 34.4 Å². The molecular weight excluding hydrogens is 615 g/mol. The summed E-state index contributed by atoms with van der Waals surface area (Å²) in [6.07, 6.45) is 0. The van der Waals surface area contributed by atoms with Crippen molar-refractivity contribution in [3.63, 3.8) is 0 Å². The van der Waals surface area contributed by atoms with Gasteiger partial charge in [0.25, 0.3) is 0 Å². The van der Waals surface area contributed by atoms with Crippen LogP contribution in [0.4, 0.5) is 11.6 Å². The minimum atomic E-state index is 0.278. The number of benzene rings is 6. The number of hydrogen-bond acceptors (Lipinski definition) is 6. The lowest BCUT2D eigenvalue weighted by atomic mass is 9.93. The van der Waals surface area contributed by atoms with Crippen molar-refractivity contribution < 1.29 is 0 Å². The first-order valence-corrected chi connectivity index (χ1v) is 15.9. The Balaban J connectivity index is 1.08. The van der Waals surface area contributed by atoms with Crippen LogP contribution < -0.4 is 0 Å². The molecule has 8 aromatic rings. The maximum atomic E-state index is 4.83. The van der Waals surface area contributed by atoms with E-state index in [-0.39, 0.29) is 11.6 Å². The Morgan fingerprint density at radius 2 is 0.957 bits per heavy atom. The van der Waals surface area contributed by atoms with Gasteiger partial charge < -0.3 is 4.57 Å². The van der Waals surface area contributed by atoms with Crippen LogP contribution in [0.25, 0.3) is 83.0 Å². The van der Waals surface area contributed by atoms with Crippen molar-refractivity contribution in [2.24, 2.45) is 9.98 Å². The number of thiocarbonyl (C=S) groups is 2. The van der Waals surface area contributed by atoms with Crippen molar-refractivity contribution in [1.29, 1.82) is 0 Å². The molecular formula is C40H21N5S2. The van der Waals surface area contributed by atoms with E-state index in [0.717, 1.165) is 55.7 Å². The summed E-state index contributed by atoms with van der Waals surface area (Å²) in [4.78, 5) is 17.7. The van der Waals surface area contributed by atoms with Gasteiger partial charge in [0.2, 0.25) is 11.6 Å². The third-order valence-corrected chi connectivity index (χ3v) is 9.13. The van der Waals surface area contributed by atoms with Gasteiger partial charge in [0, 0.05) is 33.0 Å². The summed E-state index contributed by atoms with van der Waals surface area (Å²) < 4.78 is 2.34. The fourth-order valence-corrected chi connectivity index (χ4v) is 7.10. The molecule has 0 atom stereocenters. The number of aliphatic imine (C=N–C) groups is 2. The molecule has 5 nitrogen and oxygen atoms in total. The number of isothiocyanates is 2. The van der Waals surface area contributed by atoms with Gasteiger partial charge in [0.15, 0.2) is 0 Å². The third kappa shape index (κ3) is 4.23. The summed E-state index contributed by atoms with van der Waals surface area (Å²) in [7, 11) is 0. The van der Waals surface area contributed by atoms with E-state index in [0.29, 0.717) is 0 Å². The summed E-state index contributed by atoms with van der Waals surface area (Å²) in [6.45, 7) is 0. The smallest absolute Gasteiger partial charge is 0.209 e. The van der Waals surface area contributed by atoms with Gasteiger partial charge in [-0.25, -0.2) is 9.97 Å². The van der Waals surface area contributed by atoms with Crippen LogP contribution >= 0.6 is 24.4 Å². The number of aromatic nitrogens is 3. The Hall–Kier alpha value is -5.94. The lowest BCUT2D eigenvalue weighted by molar-refractivity contribution is 1.18. The van der Waals surface area contributed by atoms with Gasteiger partial charge in [-0.2, -0.15) is 9.98 Å². The molecule has 0 saturated heterocycles. The van der Waals surface area contributed by atoms with E-state index >= 15 is 0 Å². The zero-order valence-electron chi connectivity index (χ0n) is 24.7. The van der Waals surface area contributed by atoms with Crippen LogP contribution in [-0.4, -0.2) is 24.9 Å². The van der Waals surface area contributed by atoms with Crippen LogP contribution in [0.1, 0.15) is 0 Å². The molecule has 0 unspecified atom stereocenters. The Labute approximate surface area is 280 Å². The molecule has 1 aliphatic carbocycles. The van der Waals surface area contributed by atoms with Gasteiger partial charge in [-0.05, 0) is 76.3 Å². The highest BCUT2D eigenvalue weighted by Gasteiger charge is 2.27. The molecule has 47 heavy (non-hydrogen) atoms. The molecule has 9 rings (SSSR count). The first-order chi connectivity index (χ1) is 23.2. The summed E-state index contributed by atoms with van der Waals surface area (Å²) in [6, 6.07) is 45.3. The fourth-order valence-electron chi connectivity index (χ4n) is 6.93. The maximum absolute atomic E-state index is 4.83. The predicted molar refractivity (Wildman–Crippen MR) is 199 cm³/mol. The second kappa shape index (κ2) is 10.8. The molecule has 7 heteroatoms. The van der Waals surface area contributed by atoms with Crippen molar-refractivity contribution in [1.82, 2.24) is 14.5 Å². The van der Waals surface area contributed by atoms with Crippen molar-refractivity contribution >= 4 is 79.0 Å². The highest BCUT2D eigenvalue weighted by molar-refractivity contribution is 7.78. The highest BCUT2D eigenvalue weighted by atomic mass is 32.1. The van der Waals surface area contributed by atoms with Crippen molar-refractivity contribution in [2.45, 2.75) is 0 Å². The molecule has 0 bridgehead atoms. The van der Waals surface area contributed by atoms with Crippen LogP contribution in [0.15, 0.2) is 137 Å². The second-order valence-corrected chi connectivity index (χ2v) is 11.7. The Morgan fingerprint density at radius 3 is 1.55 bits per heavy atom. The molecule has 0 saturated carbocycles. The summed E-state index contributed by atoms with van der Waals surface area (Å²) >= 11 is 9.66. The monoisotopic (exact) mass is 635 g/mol. The third-order valence-electron chi connectivity index (χ3n) is 8.95. The molecule has 0 aliphatic heterocycles. The number of nitrogens with zero attached hydrogens (tertiary/aromatic N) is 5. The topological polar surface area (TPSA) is 55.4 Å². The van der Waals surface area contributed by atoms with Crippen LogP contribution in [0.2, 0.25) is 0 Å². The van der Waals surface area contributed by atoms with E-state index < -0.39 is 0 Å². The van der Waals surface area contributed by atoms with Gasteiger partial charge in [0.1, 0.15) is 0 Å². The zero-order chi connectivity index (χ0) is 31.5. The van der Waals surface area contributed by atoms with Crippen LogP contribution in [-0.2, 0) is 0 Å². The molecule has 1 aliphatic rings. The van der Waals surface area contributed by atoms with Gasteiger partial charge in [-0.1, -0.05) is 103 Å². The maximum Gasteiger partial charge on any atom is 0.209 e. The standard InChI is InChI=1S/C40H21N5S2/c46-22-41-39-40(42-23-47)44-38-33-21-20-28(31-8-5-9-32(36(31)33)37(38)43-39)26-14-12-24(13-15-26)25-16-18-27(19-17-25)45-34-10-3-1-6-29(34)30-7-2-4-11-35(30)45/h1-21H. The first kappa shape index (κ1) is 27.4. The molecule has 0 fully saturated rings. The summed E-state index contributed by atoms with van der Waals surface area (Å²) in [5, 5.41) is 9.50. The number of rotatable bonds is 5. The van der Waals surface area contributed by atoms with E-state index in [1.54, 1.807) is 0 Å². The lowest BCUT2D eigenvalue weighted by Gasteiger charge is -2.11. The largest absolute Gasteiger partial charge is 0.309 e. The number of para-hydroxylation sites is 2. The number of hydrogen-bond donors (Lipinski definition) is 0. The summed E-state index contributed by atoms with van der Waals surface area (Å²) in [5.74, 6) is 0.555. The average Bonchev–Trinajstić information content (AvgIpc) is 3.62. The molecule has 0 radical (unpaired) electrons. The van der Waals surface area contributed by atoms with Gasteiger partial charge in [-0.15, -0.1) is 0 Å². The molecule has 6 aromatic carbocycles. The van der Waals surface area contributed by atoms with Crippen molar-refractivity contribution in [2.75, 3.05) is 0 Å². The quantitative estimate of drug-likeness (QED) is 0.139. The van der Waals surface area contributed by atoms with E-state index in [9.17, 15) is 0 Å². The van der Waals surface area contributed by atoms with E-state index in [1.807, 2.05) is 0 Å².